The molecule has 1 aromatic heterocycles. The minimum Gasteiger partial charge on any atom is -0.389 e. The van der Waals surface area contributed by atoms with Crippen LogP contribution in [0.2, 0.25) is 0 Å². The van der Waals surface area contributed by atoms with Crippen LogP contribution in [0.1, 0.15) is 18.1 Å². The minimum atomic E-state index is -0.276. The lowest BCUT2D eigenvalue weighted by Crippen LogP contribution is -2.29. The van der Waals surface area contributed by atoms with Crippen LogP contribution in [0.25, 0.3) is 11.3 Å². The number of thiocarbonyl (C=S) groups is 1. The molecule has 0 atom stereocenters. The first kappa shape index (κ1) is 13.4. The monoisotopic (exact) mass is 273 g/mol. The van der Waals surface area contributed by atoms with Crippen LogP contribution in [-0.4, -0.2) is 14.8 Å². The lowest BCUT2D eigenvalue weighted by Gasteiger charge is -2.07. The molecule has 0 saturated carbocycles. The van der Waals surface area contributed by atoms with E-state index in [1.165, 1.54) is 10.2 Å². The van der Waals surface area contributed by atoms with Crippen molar-refractivity contribution in [2.45, 2.75) is 13.3 Å². The Morgan fingerprint density at radius 1 is 1.37 bits per heavy atom. The average molecular weight is 273 g/mol. The summed E-state index contributed by atoms with van der Waals surface area (Å²) in [6, 6.07) is 9.70. The van der Waals surface area contributed by atoms with Gasteiger partial charge in [-0.25, -0.2) is 4.68 Å². The van der Waals surface area contributed by atoms with E-state index in [2.05, 4.69) is 12.0 Å². The molecular formula is C14H15N3OS. The van der Waals surface area contributed by atoms with Gasteiger partial charge in [0, 0.05) is 12.6 Å². The van der Waals surface area contributed by atoms with Gasteiger partial charge in [-0.15, -0.1) is 0 Å². The van der Waals surface area contributed by atoms with Gasteiger partial charge < -0.3 is 5.73 Å². The summed E-state index contributed by atoms with van der Waals surface area (Å²) < 4.78 is 1.26. The third-order valence-corrected chi connectivity index (χ3v) is 3.21. The minimum absolute atomic E-state index is 0.0921. The molecule has 0 aliphatic rings. The molecule has 0 fully saturated rings. The zero-order valence-electron chi connectivity index (χ0n) is 10.9. The smallest absolute Gasteiger partial charge is 0.276 e. The van der Waals surface area contributed by atoms with Crippen LogP contribution in [0.15, 0.2) is 35.1 Å². The van der Waals surface area contributed by atoms with Crippen molar-refractivity contribution in [1.29, 1.82) is 0 Å². The maximum absolute atomic E-state index is 11.8. The Labute approximate surface area is 116 Å². The summed E-state index contributed by atoms with van der Waals surface area (Å²) in [6.45, 7) is 2.10. The quantitative estimate of drug-likeness (QED) is 0.864. The van der Waals surface area contributed by atoms with Gasteiger partial charge in [0.1, 0.15) is 4.99 Å². The summed E-state index contributed by atoms with van der Waals surface area (Å²) in [6.07, 6.45) is 0.985. The second-order valence-corrected chi connectivity index (χ2v) is 4.73. The molecule has 0 radical (unpaired) electrons. The molecule has 0 unspecified atom stereocenters. The fraction of sp³-hybridized carbons (Fsp3) is 0.214. The van der Waals surface area contributed by atoms with Crippen molar-refractivity contribution in [3.63, 3.8) is 0 Å². The molecule has 19 heavy (non-hydrogen) atoms. The van der Waals surface area contributed by atoms with Gasteiger partial charge in [-0.1, -0.05) is 43.4 Å². The van der Waals surface area contributed by atoms with Gasteiger partial charge in [0.05, 0.1) is 11.3 Å². The SMILES string of the molecule is CCc1ccc(-c2cc(C(N)=S)c(=O)n(C)n2)cc1. The molecule has 0 amide bonds. The van der Waals surface area contributed by atoms with Crippen molar-refractivity contribution in [1.82, 2.24) is 9.78 Å². The Kier molecular flexibility index (Phi) is 3.76. The van der Waals surface area contributed by atoms with Gasteiger partial charge in [0.25, 0.3) is 5.56 Å². The van der Waals surface area contributed by atoms with Crippen molar-refractivity contribution in [3.05, 3.63) is 51.8 Å². The fourth-order valence-electron chi connectivity index (χ4n) is 1.84. The Bertz CT molecular complexity index is 674. The van der Waals surface area contributed by atoms with E-state index >= 15 is 0 Å². The Balaban J connectivity index is 2.56. The molecular weight excluding hydrogens is 258 g/mol. The molecule has 5 heteroatoms. The number of benzene rings is 1. The van der Waals surface area contributed by atoms with Crippen LogP contribution in [0, 0.1) is 0 Å². The zero-order chi connectivity index (χ0) is 14.0. The summed E-state index contributed by atoms with van der Waals surface area (Å²) in [5.74, 6) is 0. The molecule has 2 aromatic rings. The lowest BCUT2D eigenvalue weighted by molar-refractivity contribution is 0.710. The number of aromatic nitrogens is 2. The average Bonchev–Trinajstić information content (AvgIpc) is 2.41. The number of hydrogen-bond acceptors (Lipinski definition) is 3. The molecule has 1 aromatic carbocycles. The van der Waals surface area contributed by atoms with E-state index in [1.807, 2.05) is 24.3 Å². The standard InChI is InChI=1S/C14H15N3OS/c1-3-9-4-6-10(7-5-9)12-8-11(13(15)19)14(18)17(2)16-12/h4-8H,3H2,1-2H3,(H2,15,19). The predicted octanol–water partition coefficient (Wildman–Crippen LogP) is 1.64. The number of hydrogen-bond donors (Lipinski definition) is 1. The zero-order valence-corrected chi connectivity index (χ0v) is 11.7. The van der Waals surface area contributed by atoms with E-state index in [1.54, 1.807) is 13.1 Å². The molecule has 1 heterocycles. The van der Waals surface area contributed by atoms with Gasteiger partial charge in [-0.3, -0.25) is 4.79 Å². The third-order valence-electron chi connectivity index (χ3n) is 2.99. The fourth-order valence-corrected chi connectivity index (χ4v) is 1.98. The lowest BCUT2D eigenvalue weighted by atomic mass is 10.1. The van der Waals surface area contributed by atoms with E-state index in [-0.39, 0.29) is 10.5 Å². The van der Waals surface area contributed by atoms with Gasteiger partial charge in [-0.05, 0) is 18.1 Å². The largest absolute Gasteiger partial charge is 0.389 e. The van der Waals surface area contributed by atoms with Crippen molar-refractivity contribution in [2.75, 3.05) is 0 Å². The third kappa shape index (κ3) is 2.71. The van der Waals surface area contributed by atoms with Crippen LogP contribution >= 0.6 is 12.2 Å². The second-order valence-electron chi connectivity index (χ2n) is 4.29. The number of rotatable bonds is 3. The molecule has 0 aliphatic heterocycles. The topological polar surface area (TPSA) is 60.9 Å². The van der Waals surface area contributed by atoms with E-state index in [0.717, 1.165) is 12.0 Å². The van der Waals surface area contributed by atoms with Crippen molar-refractivity contribution >= 4 is 17.2 Å². The highest BCUT2D eigenvalue weighted by Gasteiger charge is 2.09. The number of nitrogens with zero attached hydrogens (tertiary/aromatic N) is 2. The van der Waals surface area contributed by atoms with Crippen LogP contribution in [0.4, 0.5) is 0 Å². The van der Waals surface area contributed by atoms with E-state index in [4.69, 9.17) is 18.0 Å². The van der Waals surface area contributed by atoms with Gasteiger partial charge in [-0.2, -0.15) is 5.10 Å². The highest BCUT2D eigenvalue weighted by molar-refractivity contribution is 7.80. The summed E-state index contributed by atoms with van der Waals surface area (Å²) in [5, 5.41) is 4.23. The van der Waals surface area contributed by atoms with Gasteiger partial charge in [0.2, 0.25) is 0 Å². The van der Waals surface area contributed by atoms with Crippen LogP contribution in [-0.2, 0) is 13.5 Å². The number of aryl methyl sites for hydroxylation is 2. The summed E-state index contributed by atoms with van der Waals surface area (Å²) in [7, 11) is 1.59. The Morgan fingerprint density at radius 3 is 2.53 bits per heavy atom. The first-order valence-electron chi connectivity index (χ1n) is 6.00. The van der Waals surface area contributed by atoms with Crippen molar-refractivity contribution in [2.24, 2.45) is 12.8 Å². The maximum Gasteiger partial charge on any atom is 0.276 e. The second kappa shape index (κ2) is 5.32. The maximum atomic E-state index is 11.8. The predicted molar refractivity (Wildman–Crippen MR) is 80.2 cm³/mol. The highest BCUT2D eigenvalue weighted by Crippen LogP contribution is 2.17. The summed E-state index contributed by atoms with van der Waals surface area (Å²) in [5.41, 5.74) is 8.49. The molecule has 0 aliphatic carbocycles. The Morgan fingerprint density at radius 2 is 2.00 bits per heavy atom. The normalized spacial score (nSPS) is 10.4. The molecule has 0 saturated heterocycles. The van der Waals surface area contributed by atoms with Crippen LogP contribution in [0.3, 0.4) is 0 Å². The first-order chi connectivity index (χ1) is 9.02. The molecule has 2 N–H and O–H groups in total. The van der Waals surface area contributed by atoms with Gasteiger partial charge in [0.15, 0.2) is 0 Å². The van der Waals surface area contributed by atoms with E-state index in [9.17, 15) is 4.79 Å². The van der Waals surface area contributed by atoms with Gasteiger partial charge >= 0.3 is 0 Å². The number of nitrogens with two attached hydrogens (primary N) is 1. The molecule has 2 rings (SSSR count). The highest BCUT2D eigenvalue weighted by atomic mass is 32.1. The van der Waals surface area contributed by atoms with Crippen LogP contribution < -0.4 is 11.3 Å². The molecule has 4 nitrogen and oxygen atoms in total. The molecule has 0 bridgehead atoms. The summed E-state index contributed by atoms with van der Waals surface area (Å²) in [4.78, 5) is 11.9. The van der Waals surface area contributed by atoms with Crippen LogP contribution in [0.5, 0.6) is 0 Å². The van der Waals surface area contributed by atoms with Crippen molar-refractivity contribution < 1.29 is 0 Å². The van der Waals surface area contributed by atoms with E-state index < -0.39 is 0 Å². The van der Waals surface area contributed by atoms with Crippen molar-refractivity contribution in [3.8, 4) is 11.3 Å². The summed E-state index contributed by atoms with van der Waals surface area (Å²) >= 11 is 4.89. The first-order valence-corrected chi connectivity index (χ1v) is 6.41. The Hall–Kier alpha value is -2.01. The molecule has 0 spiro atoms. The van der Waals surface area contributed by atoms with E-state index in [0.29, 0.717) is 11.3 Å². The molecule has 98 valence electrons.